The molecule has 0 aliphatic carbocycles. The smallest absolute Gasteiger partial charge is 0.254 e. The van der Waals surface area contributed by atoms with Crippen LogP contribution in [0.25, 0.3) is 10.9 Å². The average molecular weight is 402 g/mol. The van der Waals surface area contributed by atoms with E-state index in [1.54, 1.807) is 30.3 Å². The first-order valence-corrected chi connectivity index (χ1v) is 8.98. The summed E-state index contributed by atoms with van der Waals surface area (Å²) in [6, 6.07) is 11.4. The second-order valence-corrected chi connectivity index (χ2v) is 6.76. The number of carbonyl (C=O) groups is 1. The first kappa shape index (κ1) is 17.5. The minimum absolute atomic E-state index is 0.0506. The molecule has 6 heteroatoms. The molecule has 0 atom stereocenters. The number of halogens is 1. The van der Waals surface area contributed by atoms with Crippen molar-refractivity contribution in [2.75, 3.05) is 13.7 Å². The van der Waals surface area contributed by atoms with E-state index < -0.39 is 0 Å². The topological polar surface area (TPSA) is 58.2 Å². The van der Waals surface area contributed by atoms with Gasteiger partial charge in [0, 0.05) is 24.5 Å². The van der Waals surface area contributed by atoms with Crippen molar-refractivity contribution in [3.8, 4) is 5.75 Å². The van der Waals surface area contributed by atoms with Gasteiger partial charge in [-0.3, -0.25) is 9.89 Å². The van der Waals surface area contributed by atoms with E-state index in [2.05, 4.69) is 26.1 Å². The lowest BCUT2D eigenvalue weighted by atomic mass is 10.1. The molecule has 0 aliphatic heterocycles. The number of ether oxygens (including phenoxy) is 1. The van der Waals surface area contributed by atoms with Gasteiger partial charge in [0.15, 0.2) is 0 Å². The van der Waals surface area contributed by atoms with Crippen LogP contribution in [0.3, 0.4) is 0 Å². The first-order valence-electron chi connectivity index (χ1n) is 8.19. The number of fused-ring (bicyclic) bond motifs is 1. The van der Waals surface area contributed by atoms with Crippen molar-refractivity contribution >= 4 is 32.7 Å². The molecule has 0 saturated heterocycles. The third-order valence-corrected chi connectivity index (χ3v) is 4.61. The Morgan fingerprint density at radius 2 is 2.16 bits per heavy atom. The molecular weight excluding hydrogens is 382 g/mol. The van der Waals surface area contributed by atoms with Gasteiger partial charge in [0.1, 0.15) is 5.75 Å². The summed E-state index contributed by atoms with van der Waals surface area (Å²) in [7, 11) is 1.80. The van der Waals surface area contributed by atoms with E-state index in [1.807, 2.05) is 31.2 Å². The molecule has 5 nitrogen and oxygen atoms in total. The lowest BCUT2D eigenvalue weighted by Gasteiger charge is -2.18. The molecule has 0 spiro atoms. The Bertz CT molecular complexity index is 891. The second kappa shape index (κ2) is 7.70. The van der Waals surface area contributed by atoms with Crippen molar-refractivity contribution < 1.29 is 9.53 Å². The summed E-state index contributed by atoms with van der Waals surface area (Å²) < 4.78 is 6.54. The maximum Gasteiger partial charge on any atom is 0.254 e. The molecule has 1 aromatic heterocycles. The lowest BCUT2D eigenvalue weighted by molar-refractivity contribution is 0.0785. The molecule has 130 valence electrons. The van der Waals surface area contributed by atoms with Crippen LogP contribution in [0.15, 0.2) is 47.1 Å². The van der Waals surface area contributed by atoms with Gasteiger partial charge in [0.05, 0.1) is 22.8 Å². The van der Waals surface area contributed by atoms with E-state index in [4.69, 9.17) is 4.74 Å². The number of amides is 1. The lowest BCUT2D eigenvalue weighted by Crippen LogP contribution is -2.26. The van der Waals surface area contributed by atoms with Gasteiger partial charge in [-0.2, -0.15) is 5.10 Å². The van der Waals surface area contributed by atoms with Gasteiger partial charge in [0.2, 0.25) is 0 Å². The van der Waals surface area contributed by atoms with Gasteiger partial charge in [-0.1, -0.05) is 25.1 Å². The molecule has 1 amide bonds. The maximum absolute atomic E-state index is 12.8. The number of aromatic nitrogens is 2. The van der Waals surface area contributed by atoms with Crippen LogP contribution in [0.2, 0.25) is 0 Å². The van der Waals surface area contributed by atoms with Crippen LogP contribution < -0.4 is 4.74 Å². The molecule has 0 fully saturated rings. The number of hydrogen-bond donors (Lipinski definition) is 1. The highest BCUT2D eigenvalue weighted by atomic mass is 79.9. The molecule has 0 radical (unpaired) electrons. The number of para-hydroxylation sites is 1. The number of hydrogen-bond acceptors (Lipinski definition) is 3. The summed E-state index contributed by atoms with van der Waals surface area (Å²) in [5.41, 5.74) is 2.60. The van der Waals surface area contributed by atoms with E-state index in [9.17, 15) is 4.79 Å². The van der Waals surface area contributed by atoms with Crippen LogP contribution in [-0.2, 0) is 6.54 Å². The Balaban J connectivity index is 1.79. The molecule has 1 heterocycles. The third-order valence-electron chi connectivity index (χ3n) is 3.96. The maximum atomic E-state index is 12.8. The van der Waals surface area contributed by atoms with Crippen molar-refractivity contribution in [2.45, 2.75) is 19.9 Å². The SMILES string of the molecule is CCCOc1cc(C(=O)N(C)Cc2cccc3cn[nH]c23)ccc1Br. The van der Waals surface area contributed by atoms with E-state index in [0.29, 0.717) is 24.5 Å². The first-order chi connectivity index (χ1) is 12.1. The second-order valence-electron chi connectivity index (χ2n) is 5.91. The molecule has 3 rings (SSSR count). The Labute approximate surface area is 155 Å². The molecule has 3 aromatic rings. The Hall–Kier alpha value is -2.34. The van der Waals surface area contributed by atoms with Gasteiger partial charge < -0.3 is 9.64 Å². The predicted octanol–water partition coefficient (Wildman–Crippen LogP) is 4.39. The Morgan fingerprint density at radius 3 is 2.96 bits per heavy atom. The molecule has 2 aromatic carbocycles. The molecule has 0 bridgehead atoms. The predicted molar refractivity (Wildman–Crippen MR) is 102 cm³/mol. The number of nitrogens with zero attached hydrogens (tertiary/aromatic N) is 2. The van der Waals surface area contributed by atoms with Crippen molar-refractivity contribution in [1.82, 2.24) is 15.1 Å². The zero-order valence-corrected chi connectivity index (χ0v) is 15.8. The molecule has 0 aliphatic rings. The standard InChI is InChI=1S/C19H20BrN3O2/c1-3-9-25-17-10-13(7-8-16(17)20)19(24)23(2)12-15-6-4-5-14-11-21-22-18(14)15/h4-8,10-11H,3,9,12H2,1-2H3,(H,21,22). The third kappa shape index (κ3) is 3.85. The van der Waals surface area contributed by atoms with Gasteiger partial charge in [-0.15, -0.1) is 0 Å². The summed E-state index contributed by atoms with van der Waals surface area (Å²) in [6.07, 6.45) is 2.70. The summed E-state index contributed by atoms with van der Waals surface area (Å²) >= 11 is 3.46. The highest BCUT2D eigenvalue weighted by Gasteiger charge is 2.15. The minimum Gasteiger partial charge on any atom is -0.492 e. The largest absolute Gasteiger partial charge is 0.492 e. The summed E-state index contributed by atoms with van der Waals surface area (Å²) in [5, 5.41) is 8.11. The van der Waals surface area contributed by atoms with E-state index >= 15 is 0 Å². The molecule has 0 unspecified atom stereocenters. The number of H-pyrrole nitrogens is 1. The van der Waals surface area contributed by atoms with Crippen molar-refractivity contribution in [3.05, 3.63) is 58.2 Å². The normalized spacial score (nSPS) is 10.8. The fourth-order valence-corrected chi connectivity index (χ4v) is 3.03. The van der Waals surface area contributed by atoms with Gasteiger partial charge in [-0.05, 0) is 46.1 Å². The Kier molecular flexibility index (Phi) is 5.38. The van der Waals surface area contributed by atoms with Crippen LogP contribution in [0, 0.1) is 0 Å². The Morgan fingerprint density at radius 1 is 1.32 bits per heavy atom. The average Bonchev–Trinajstić information content (AvgIpc) is 3.10. The monoisotopic (exact) mass is 401 g/mol. The quantitative estimate of drug-likeness (QED) is 0.666. The zero-order valence-electron chi connectivity index (χ0n) is 14.3. The van der Waals surface area contributed by atoms with Crippen LogP contribution in [0.5, 0.6) is 5.75 Å². The number of benzene rings is 2. The fourth-order valence-electron chi connectivity index (χ4n) is 2.67. The fraction of sp³-hybridized carbons (Fsp3) is 0.263. The molecule has 25 heavy (non-hydrogen) atoms. The number of nitrogens with one attached hydrogen (secondary N) is 1. The molecule has 0 saturated carbocycles. The van der Waals surface area contributed by atoms with Gasteiger partial charge >= 0.3 is 0 Å². The van der Waals surface area contributed by atoms with Crippen LogP contribution in [-0.4, -0.2) is 34.7 Å². The number of rotatable bonds is 6. The summed E-state index contributed by atoms with van der Waals surface area (Å²) in [6.45, 7) is 3.17. The molecule has 1 N–H and O–H groups in total. The number of carbonyl (C=O) groups excluding carboxylic acids is 1. The number of aromatic amines is 1. The van der Waals surface area contributed by atoms with Crippen molar-refractivity contribution in [2.24, 2.45) is 0 Å². The minimum atomic E-state index is -0.0506. The van der Waals surface area contributed by atoms with E-state index in [1.165, 1.54) is 0 Å². The zero-order chi connectivity index (χ0) is 17.8. The van der Waals surface area contributed by atoms with Gasteiger partial charge in [-0.25, -0.2) is 0 Å². The van der Waals surface area contributed by atoms with Crippen LogP contribution >= 0.6 is 15.9 Å². The van der Waals surface area contributed by atoms with Crippen LogP contribution in [0.4, 0.5) is 0 Å². The summed E-state index contributed by atoms with van der Waals surface area (Å²) in [4.78, 5) is 14.5. The summed E-state index contributed by atoms with van der Waals surface area (Å²) in [5.74, 6) is 0.641. The van der Waals surface area contributed by atoms with E-state index in [0.717, 1.165) is 27.4 Å². The van der Waals surface area contributed by atoms with Crippen LogP contribution in [0.1, 0.15) is 29.3 Å². The van der Waals surface area contributed by atoms with Gasteiger partial charge in [0.25, 0.3) is 5.91 Å². The highest BCUT2D eigenvalue weighted by Crippen LogP contribution is 2.27. The highest BCUT2D eigenvalue weighted by molar-refractivity contribution is 9.10. The molecular formula is C19H20BrN3O2. The van der Waals surface area contributed by atoms with Crippen molar-refractivity contribution in [3.63, 3.8) is 0 Å². The van der Waals surface area contributed by atoms with Crippen molar-refractivity contribution in [1.29, 1.82) is 0 Å². The van der Waals surface area contributed by atoms with E-state index in [-0.39, 0.29) is 5.91 Å².